The molecule has 0 saturated carbocycles. The number of esters is 1. The van der Waals surface area contributed by atoms with Gasteiger partial charge >= 0.3 is 5.97 Å². The Morgan fingerprint density at radius 3 is 0.915 bits per heavy atom. The Morgan fingerprint density at radius 1 is 0.373 bits per heavy atom. The Bertz CT molecular complexity index is 1370. The normalized spacial score (nSPS) is 11.9. The zero-order valence-corrected chi connectivity index (χ0v) is 36.5. The van der Waals surface area contributed by atoms with Gasteiger partial charge in [-0.2, -0.15) is 0 Å². The largest absolute Gasteiger partial charge is 0.460 e. The van der Waals surface area contributed by atoms with Crippen LogP contribution in [0.25, 0.3) is 0 Å². The second-order valence-corrected chi connectivity index (χ2v) is 18.4. The highest BCUT2D eigenvalue weighted by Crippen LogP contribution is 2.36. The third-order valence-electron chi connectivity index (χ3n) is 8.78. The van der Waals surface area contributed by atoms with Gasteiger partial charge in [-0.1, -0.05) is 99.6 Å². The SMILES string of the molecule is CC(C)(C)[Si](OCCOCCOCCOCCOCCOCCOCCOCCOCCOCCOCCOC(=O)c1ccccc1)(c1ccccc1)c1ccccc1. The topological polar surface area (TPSA) is 128 Å². The molecule has 59 heavy (non-hydrogen) atoms. The number of hydrogen-bond donors (Lipinski definition) is 0. The summed E-state index contributed by atoms with van der Waals surface area (Å²) in [5.41, 5.74) is 0.524. The van der Waals surface area contributed by atoms with Gasteiger partial charge in [-0.3, -0.25) is 0 Å². The molecule has 0 saturated heterocycles. The molecular weight excluding hydrogens is 777 g/mol. The molecule has 13 nitrogen and oxygen atoms in total. The Balaban J connectivity index is 0.991. The average Bonchev–Trinajstić information content (AvgIpc) is 3.25. The molecule has 0 fully saturated rings. The minimum Gasteiger partial charge on any atom is -0.460 e. The summed E-state index contributed by atoms with van der Waals surface area (Å²) in [7, 11) is -2.55. The summed E-state index contributed by atoms with van der Waals surface area (Å²) in [5, 5.41) is 2.46. The van der Waals surface area contributed by atoms with E-state index in [2.05, 4.69) is 81.4 Å². The maximum atomic E-state index is 11.8. The second-order valence-electron chi connectivity index (χ2n) is 14.1. The van der Waals surface area contributed by atoms with Gasteiger partial charge in [0.25, 0.3) is 8.32 Å². The van der Waals surface area contributed by atoms with Crippen LogP contribution in [0, 0.1) is 0 Å². The lowest BCUT2D eigenvalue weighted by atomic mass is 10.2. The van der Waals surface area contributed by atoms with Crippen molar-refractivity contribution in [3.05, 3.63) is 96.6 Å². The van der Waals surface area contributed by atoms with Gasteiger partial charge in [0.15, 0.2) is 0 Å². The molecule has 0 amide bonds. The second kappa shape index (κ2) is 32.6. The van der Waals surface area contributed by atoms with E-state index >= 15 is 0 Å². The van der Waals surface area contributed by atoms with Gasteiger partial charge in [0, 0.05) is 0 Å². The molecule has 3 rings (SSSR count). The molecule has 3 aromatic rings. The molecular formula is C45H68O13Si. The first-order valence-corrected chi connectivity index (χ1v) is 22.6. The maximum Gasteiger partial charge on any atom is 0.338 e. The van der Waals surface area contributed by atoms with E-state index in [1.54, 1.807) is 24.3 Å². The summed E-state index contributed by atoms with van der Waals surface area (Å²) in [6.45, 7) is 17.0. The molecule has 3 aromatic carbocycles. The van der Waals surface area contributed by atoms with E-state index in [1.807, 2.05) is 6.07 Å². The molecule has 14 heteroatoms. The van der Waals surface area contributed by atoms with Crippen molar-refractivity contribution in [3.63, 3.8) is 0 Å². The smallest absolute Gasteiger partial charge is 0.338 e. The van der Waals surface area contributed by atoms with Crippen LogP contribution in [0.1, 0.15) is 31.1 Å². The molecule has 0 aliphatic rings. The van der Waals surface area contributed by atoms with Gasteiger partial charge in [0.05, 0.1) is 144 Å². The number of carbonyl (C=O) groups excluding carboxylic acids is 1. The first-order chi connectivity index (χ1) is 28.9. The van der Waals surface area contributed by atoms with Crippen LogP contribution in [-0.4, -0.2) is 160 Å². The Morgan fingerprint density at radius 2 is 0.627 bits per heavy atom. The standard InChI is InChI=1S/C45H68O13Si/c1-45(2,3)59(42-15-9-5-10-16-42,43-17-11-6-12-18-43)58-40-38-56-36-34-54-32-30-52-28-26-50-24-22-48-20-19-47-21-23-49-25-27-51-29-31-53-33-35-55-37-39-57-44(46)41-13-7-4-8-14-41/h4-18H,19-40H2,1-3H3. The maximum absolute atomic E-state index is 11.8. The number of carbonyl (C=O) groups is 1. The van der Waals surface area contributed by atoms with Crippen LogP contribution in [0.4, 0.5) is 0 Å². The molecule has 0 aliphatic heterocycles. The Kier molecular flexibility index (Phi) is 27.8. The molecule has 0 atom stereocenters. The fourth-order valence-corrected chi connectivity index (χ4v) is 10.5. The van der Waals surface area contributed by atoms with Crippen molar-refractivity contribution in [1.29, 1.82) is 0 Å². The molecule has 0 aliphatic carbocycles. The summed E-state index contributed by atoms with van der Waals surface area (Å²) < 4.78 is 67.6. The molecule has 0 bridgehead atoms. The summed E-state index contributed by atoms with van der Waals surface area (Å²) in [6.07, 6.45) is 0. The van der Waals surface area contributed by atoms with Crippen molar-refractivity contribution in [1.82, 2.24) is 0 Å². The molecule has 0 radical (unpaired) electrons. The fraction of sp³-hybridized carbons (Fsp3) is 0.578. The molecule has 0 N–H and O–H groups in total. The molecule has 0 aromatic heterocycles. The summed E-state index contributed by atoms with van der Waals surface area (Å²) in [6, 6.07) is 30.1. The minimum absolute atomic E-state index is 0.0620. The highest BCUT2D eigenvalue weighted by Gasteiger charge is 2.50. The Hall–Kier alpha value is -3.09. The van der Waals surface area contributed by atoms with E-state index in [1.165, 1.54) is 10.4 Å². The van der Waals surface area contributed by atoms with Crippen LogP contribution in [0.15, 0.2) is 91.0 Å². The quantitative estimate of drug-likeness (QED) is 0.0457. The van der Waals surface area contributed by atoms with E-state index in [4.69, 9.17) is 56.5 Å². The number of hydrogen-bond acceptors (Lipinski definition) is 13. The highest BCUT2D eigenvalue weighted by molar-refractivity contribution is 6.99. The van der Waals surface area contributed by atoms with Gasteiger partial charge in [-0.05, 0) is 27.5 Å². The van der Waals surface area contributed by atoms with Crippen molar-refractivity contribution < 1.29 is 61.3 Å². The molecule has 330 valence electrons. The van der Waals surface area contributed by atoms with Crippen molar-refractivity contribution in [3.8, 4) is 0 Å². The van der Waals surface area contributed by atoms with Crippen LogP contribution >= 0.6 is 0 Å². The Labute approximate surface area is 352 Å². The molecule has 0 unspecified atom stereocenters. The minimum atomic E-state index is -2.55. The zero-order valence-electron chi connectivity index (χ0n) is 35.5. The number of benzene rings is 3. The lowest BCUT2D eigenvalue weighted by Gasteiger charge is -2.43. The predicted molar refractivity (Wildman–Crippen MR) is 228 cm³/mol. The van der Waals surface area contributed by atoms with Crippen molar-refractivity contribution in [2.24, 2.45) is 0 Å². The lowest BCUT2D eigenvalue weighted by molar-refractivity contribution is -0.0274. The van der Waals surface area contributed by atoms with E-state index in [0.29, 0.717) is 144 Å². The zero-order chi connectivity index (χ0) is 42.0. The number of ether oxygens (including phenoxy) is 11. The van der Waals surface area contributed by atoms with Gasteiger partial charge in [0.2, 0.25) is 0 Å². The van der Waals surface area contributed by atoms with Crippen LogP contribution < -0.4 is 10.4 Å². The third-order valence-corrected chi connectivity index (χ3v) is 13.8. The number of rotatable bonds is 37. The van der Waals surface area contributed by atoms with Crippen LogP contribution in [0.3, 0.4) is 0 Å². The fourth-order valence-electron chi connectivity index (χ4n) is 5.95. The van der Waals surface area contributed by atoms with Gasteiger partial charge in [-0.25, -0.2) is 4.79 Å². The molecule has 0 heterocycles. The van der Waals surface area contributed by atoms with E-state index in [-0.39, 0.29) is 17.6 Å². The lowest BCUT2D eigenvalue weighted by Crippen LogP contribution is -2.66. The van der Waals surface area contributed by atoms with Crippen LogP contribution in [0.5, 0.6) is 0 Å². The van der Waals surface area contributed by atoms with Gasteiger partial charge in [-0.15, -0.1) is 0 Å². The summed E-state index contributed by atoms with van der Waals surface area (Å²) >= 11 is 0. The van der Waals surface area contributed by atoms with Crippen LogP contribution in [0.2, 0.25) is 5.04 Å². The van der Waals surface area contributed by atoms with E-state index in [9.17, 15) is 4.79 Å². The average molecular weight is 845 g/mol. The first-order valence-electron chi connectivity index (χ1n) is 20.7. The third kappa shape index (κ3) is 21.8. The highest BCUT2D eigenvalue weighted by atomic mass is 28.4. The van der Waals surface area contributed by atoms with Crippen molar-refractivity contribution in [2.75, 3.05) is 145 Å². The van der Waals surface area contributed by atoms with E-state index < -0.39 is 8.32 Å². The van der Waals surface area contributed by atoms with Crippen molar-refractivity contribution in [2.45, 2.75) is 25.8 Å². The van der Waals surface area contributed by atoms with Crippen LogP contribution in [-0.2, 0) is 56.5 Å². The van der Waals surface area contributed by atoms with E-state index in [0.717, 1.165) is 0 Å². The van der Waals surface area contributed by atoms with Gasteiger partial charge < -0.3 is 56.5 Å². The predicted octanol–water partition coefficient (Wildman–Crippen LogP) is 4.59. The van der Waals surface area contributed by atoms with Crippen molar-refractivity contribution >= 4 is 24.7 Å². The van der Waals surface area contributed by atoms with Gasteiger partial charge in [0.1, 0.15) is 6.61 Å². The summed E-state index contributed by atoms with van der Waals surface area (Å²) in [5.74, 6) is -0.357. The summed E-state index contributed by atoms with van der Waals surface area (Å²) in [4.78, 5) is 11.8. The first kappa shape index (κ1) is 50.3. The molecule has 0 spiro atoms. The monoisotopic (exact) mass is 844 g/mol.